The van der Waals surface area contributed by atoms with E-state index in [0.29, 0.717) is 18.7 Å². The van der Waals surface area contributed by atoms with Crippen molar-refractivity contribution in [2.75, 3.05) is 45.8 Å². The molecule has 0 bridgehead atoms. The summed E-state index contributed by atoms with van der Waals surface area (Å²) in [6.45, 7) is 8.81. The Morgan fingerprint density at radius 3 is 2.12 bits per heavy atom. The number of piperazine rings is 1. The quantitative estimate of drug-likeness (QED) is 0.553. The molecule has 2 atom stereocenters. The van der Waals surface area contributed by atoms with Gasteiger partial charge in [-0.25, -0.2) is 13.1 Å². The standard InChI is InChI=1S/C20H30N4O6S2/c1-4-9-21-31(26,27)19-7-5-18(6-8-19)20(25)22-10-12-23(13-11-22)32(28,29)24-14-16(2)30-17(3)15-24/h4-8,16-17,21H,1,9-15H2,2-3H3/t16-,17-/m0/s1. The number of carbonyl (C=O) groups is 1. The first kappa shape index (κ1) is 24.8. The Morgan fingerprint density at radius 1 is 1.03 bits per heavy atom. The van der Waals surface area contributed by atoms with Crippen LogP contribution in [0.1, 0.15) is 24.2 Å². The third-order valence-corrected chi connectivity index (χ3v) is 8.80. The van der Waals surface area contributed by atoms with Crippen molar-refractivity contribution in [3.05, 3.63) is 42.5 Å². The topological polar surface area (TPSA) is 116 Å². The number of nitrogens with one attached hydrogen (secondary N) is 1. The largest absolute Gasteiger partial charge is 0.373 e. The van der Waals surface area contributed by atoms with Crippen molar-refractivity contribution >= 4 is 26.1 Å². The lowest BCUT2D eigenvalue weighted by atomic mass is 10.2. The molecule has 2 aliphatic heterocycles. The van der Waals surface area contributed by atoms with Crippen LogP contribution >= 0.6 is 0 Å². The number of hydrogen-bond donors (Lipinski definition) is 1. The number of nitrogens with zero attached hydrogens (tertiary/aromatic N) is 3. The summed E-state index contributed by atoms with van der Waals surface area (Å²) in [7, 11) is -7.29. The molecule has 1 N–H and O–H groups in total. The van der Waals surface area contributed by atoms with Gasteiger partial charge in [-0.2, -0.15) is 17.0 Å². The lowest BCUT2D eigenvalue weighted by Crippen LogP contribution is -2.57. The van der Waals surface area contributed by atoms with Crippen LogP contribution in [0.5, 0.6) is 0 Å². The molecule has 0 saturated carbocycles. The first-order valence-corrected chi connectivity index (χ1v) is 13.3. The molecule has 12 heteroatoms. The lowest BCUT2D eigenvalue weighted by Gasteiger charge is -2.40. The Balaban J connectivity index is 1.61. The fraction of sp³-hybridized carbons (Fsp3) is 0.550. The molecule has 2 aliphatic rings. The van der Waals surface area contributed by atoms with Crippen molar-refractivity contribution in [3.63, 3.8) is 0 Å². The van der Waals surface area contributed by atoms with Gasteiger partial charge in [-0.05, 0) is 38.1 Å². The minimum atomic E-state index is -3.67. The van der Waals surface area contributed by atoms with Gasteiger partial charge >= 0.3 is 0 Å². The molecule has 0 spiro atoms. The van der Waals surface area contributed by atoms with Crippen LogP contribution in [0.4, 0.5) is 0 Å². The monoisotopic (exact) mass is 486 g/mol. The molecule has 0 unspecified atom stereocenters. The predicted octanol–water partition coefficient (Wildman–Crippen LogP) is 0.263. The number of rotatable bonds is 7. The van der Waals surface area contributed by atoms with Gasteiger partial charge in [0.05, 0.1) is 17.1 Å². The third kappa shape index (κ3) is 5.56. The van der Waals surface area contributed by atoms with Crippen LogP contribution in [0.25, 0.3) is 0 Å². The Bertz CT molecular complexity index is 1020. The summed E-state index contributed by atoms with van der Waals surface area (Å²) in [5, 5.41) is 0. The van der Waals surface area contributed by atoms with Crippen molar-refractivity contribution in [1.82, 2.24) is 18.2 Å². The highest BCUT2D eigenvalue weighted by molar-refractivity contribution is 7.89. The minimum Gasteiger partial charge on any atom is -0.373 e. The van der Waals surface area contributed by atoms with Crippen molar-refractivity contribution < 1.29 is 26.4 Å². The van der Waals surface area contributed by atoms with E-state index in [0.717, 1.165) is 0 Å². The molecule has 2 saturated heterocycles. The average molecular weight is 487 g/mol. The van der Waals surface area contributed by atoms with Gasteiger partial charge in [-0.15, -0.1) is 6.58 Å². The zero-order chi connectivity index (χ0) is 23.5. The Hall–Kier alpha value is -1.83. The molecule has 0 aromatic heterocycles. The highest BCUT2D eigenvalue weighted by Crippen LogP contribution is 2.20. The van der Waals surface area contributed by atoms with Crippen LogP contribution in [-0.4, -0.2) is 94.3 Å². The number of ether oxygens (including phenoxy) is 1. The van der Waals surface area contributed by atoms with E-state index in [9.17, 15) is 21.6 Å². The van der Waals surface area contributed by atoms with Crippen LogP contribution in [0.15, 0.2) is 41.8 Å². The SMILES string of the molecule is C=CCNS(=O)(=O)c1ccc(C(=O)N2CCN(S(=O)(=O)N3C[C@H](C)O[C@@H](C)C3)CC2)cc1. The summed E-state index contributed by atoms with van der Waals surface area (Å²) in [6.07, 6.45) is 1.10. The van der Waals surface area contributed by atoms with Crippen LogP contribution in [0.3, 0.4) is 0 Å². The molecule has 10 nitrogen and oxygen atoms in total. The predicted molar refractivity (Wildman–Crippen MR) is 120 cm³/mol. The van der Waals surface area contributed by atoms with Crippen molar-refractivity contribution in [1.29, 1.82) is 0 Å². The van der Waals surface area contributed by atoms with E-state index in [4.69, 9.17) is 4.74 Å². The summed E-state index contributed by atoms with van der Waals surface area (Å²) in [5.41, 5.74) is 0.347. The number of amides is 1. The van der Waals surface area contributed by atoms with E-state index in [1.54, 1.807) is 4.90 Å². The molecule has 1 aromatic rings. The van der Waals surface area contributed by atoms with Gasteiger partial charge < -0.3 is 9.64 Å². The van der Waals surface area contributed by atoms with E-state index in [2.05, 4.69) is 11.3 Å². The summed E-state index contributed by atoms with van der Waals surface area (Å²) < 4.78 is 61.2. The number of sulfonamides is 1. The van der Waals surface area contributed by atoms with Gasteiger partial charge in [-0.1, -0.05) is 6.08 Å². The molecule has 3 rings (SSSR count). The molecule has 2 heterocycles. The molecule has 32 heavy (non-hydrogen) atoms. The normalized spacial score (nSPS) is 23.8. The Labute approximate surface area is 190 Å². The van der Waals surface area contributed by atoms with E-state index < -0.39 is 20.2 Å². The fourth-order valence-electron chi connectivity index (χ4n) is 3.82. The zero-order valence-corrected chi connectivity index (χ0v) is 19.9. The number of hydrogen-bond acceptors (Lipinski definition) is 6. The highest BCUT2D eigenvalue weighted by Gasteiger charge is 2.37. The molecule has 2 fully saturated rings. The Morgan fingerprint density at radius 2 is 1.59 bits per heavy atom. The smallest absolute Gasteiger partial charge is 0.282 e. The molecule has 0 aliphatic carbocycles. The highest BCUT2D eigenvalue weighted by atomic mass is 32.2. The van der Waals surface area contributed by atoms with Crippen molar-refractivity contribution in [3.8, 4) is 0 Å². The minimum absolute atomic E-state index is 0.0563. The molecule has 1 aromatic carbocycles. The van der Waals surface area contributed by atoms with Crippen LogP contribution < -0.4 is 4.72 Å². The Kier molecular flexibility index (Phi) is 7.73. The average Bonchev–Trinajstić information content (AvgIpc) is 2.77. The summed E-state index contributed by atoms with van der Waals surface area (Å²) in [4.78, 5) is 14.5. The second kappa shape index (κ2) is 9.98. The van der Waals surface area contributed by atoms with E-state index >= 15 is 0 Å². The van der Waals surface area contributed by atoms with E-state index in [1.807, 2.05) is 13.8 Å². The second-order valence-electron chi connectivity index (χ2n) is 7.94. The lowest BCUT2D eigenvalue weighted by molar-refractivity contribution is -0.0457. The van der Waals surface area contributed by atoms with Gasteiger partial charge in [0.2, 0.25) is 10.0 Å². The van der Waals surface area contributed by atoms with Crippen LogP contribution in [-0.2, 0) is 25.0 Å². The van der Waals surface area contributed by atoms with Gasteiger partial charge in [0.15, 0.2) is 0 Å². The van der Waals surface area contributed by atoms with E-state index in [1.165, 1.54) is 39.0 Å². The van der Waals surface area contributed by atoms with Gasteiger partial charge in [0.1, 0.15) is 0 Å². The molecule has 1 amide bonds. The molecular weight excluding hydrogens is 456 g/mol. The maximum absolute atomic E-state index is 13.0. The first-order valence-electron chi connectivity index (χ1n) is 10.4. The zero-order valence-electron chi connectivity index (χ0n) is 18.3. The maximum atomic E-state index is 13.0. The summed E-state index contributed by atoms with van der Waals surface area (Å²) in [5.74, 6) is -0.265. The molecular formula is C20H30N4O6S2. The summed E-state index contributed by atoms with van der Waals surface area (Å²) in [6, 6.07) is 5.68. The third-order valence-electron chi connectivity index (χ3n) is 5.39. The van der Waals surface area contributed by atoms with Crippen molar-refractivity contribution in [2.45, 2.75) is 31.0 Å². The van der Waals surface area contributed by atoms with Gasteiger partial charge in [0.25, 0.3) is 16.1 Å². The first-order chi connectivity index (χ1) is 15.0. The maximum Gasteiger partial charge on any atom is 0.282 e. The van der Waals surface area contributed by atoms with Crippen molar-refractivity contribution in [2.24, 2.45) is 0 Å². The molecule has 0 radical (unpaired) electrons. The van der Waals surface area contributed by atoms with Crippen LogP contribution in [0.2, 0.25) is 0 Å². The fourth-order valence-corrected chi connectivity index (χ4v) is 6.56. The van der Waals surface area contributed by atoms with Gasteiger partial charge in [0, 0.05) is 51.4 Å². The second-order valence-corrected chi connectivity index (χ2v) is 11.6. The van der Waals surface area contributed by atoms with Gasteiger partial charge in [-0.3, -0.25) is 4.79 Å². The van der Waals surface area contributed by atoms with E-state index in [-0.39, 0.29) is 55.7 Å². The number of morpholine rings is 1. The summed E-state index contributed by atoms with van der Waals surface area (Å²) >= 11 is 0. The number of carbonyl (C=O) groups excluding carboxylic acids is 1. The van der Waals surface area contributed by atoms with Crippen LogP contribution in [0, 0.1) is 0 Å². The number of benzene rings is 1. The molecule has 178 valence electrons.